The largest absolute Gasteiger partial charge is 0.495 e. The van der Waals surface area contributed by atoms with E-state index in [1.807, 2.05) is 6.07 Å². The Hall–Kier alpha value is -2.94. The fourth-order valence-corrected chi connectivity index (χ4v) is 4.51. The number of anilines is 1. The quantitative estimate of drug-likeness (QED) is 0.529. The van der Waals surface area contributed by atoms with Gasteiger partial charge in [-0.2, -0.15) is 4.72 Å². The van der Waals surface area contributed by atoms with Gasteiger partial charge in [0.1, 0.15) is 22.5 Å². The van der Waals surface area contributed by atoms with E-state index in [4.69, 9.17) is 16.3 Å². The summed E-state index contributed by atoms with van der Waals surface area (Å²) in [5.41, 5.74) is 1.15. The third-order valence-electron chi connectivity index (χ3n) is 4.40. The first-order chi connectivity index (χ1) is 14.8. The Kier molecular flexibility index (Phi) is 7.27. The number of hydrogen-bond acceptors (Lipinski definition) is 4. The molecule has 9 heteroatoms. The molecule has 0 aliphatic rings. The molecule has 3 aromatic carbocycles. The third-order valence-corrected chi connectivity index (χ3v) is 6.13. The summed E-state index contributed by atoms with van der Waals surface area (Å²) in [6.45, 7) is 0. The molecule has 0 radical (unpaired) electrons. The fraction of sp³-hybridized carbons (Fsp3) is 0.136. The van der Waals surface area contributed by atoms with Gasteiger partial charge in [0.25, 0.3) is 0 Å². The maximum absolute atomic E-state index is 13.7. The number of methoxy groups -OCH3 is 1. The molecular formula is C22H20ClFN2O4S. The zero-order chi connectivity index (χ0) is 22.4. The first kappa shape index (κ1) is 22.7. The average molecular weight is 463 g/mol. The molecule has 0 bridgehead atoms. The topological polar surface area (TPSA) is 84.5 Å². The van der Waals surface area contributed by atoms with E-state index in [1.165, 1.54) is 13.2 Å². The Balaban J connectivity index is 1.92. The van der Waals surface area contributed by atoms with E-state index >= 15 is 0 Å². The second kappa shape index (κ2) is 9.91. The van der Waals surface area contributed by atoms with Crippen LogP contribution in [0.3, 0.4) is 0 Å². The Morgan fingerprint density at radius 2 is 1.81 bits per heavy atom. The molecule has 6 nitrogen and oxygen atoms in total. The molecule has 0 saturated heterocycles. The predicted octanol–water partition coefficient (Wildman–Crippen LogP) is 4.02. The van der Waals surface area contributed by atoms with Crippen LogP contribution in [0.2, 0.25) is 5.02 Å². The molecule has 1 amide bonds. The van der Waals surface area contributed by atoms with Crippen LogP contribution in [-0.4, -0.2) is 27.5 Å². The van der Waals surface area contributed by atoms with E-state index < -0.39 is 32.7 Å². The van der Waals surface area contributed by atoms with Crippen molar-refractivity contribution in [1.29, 1.82) is 0 Å². The van der Waals surface area contributed by atoms with E-state index in [0.29, 0.717) is 10.7 Å². The number of carbonyl (C=O) groups is 1. The highest BCUT2D eigenvalue weighted by atomic mass is 35.5. The van der Waals surface area contributed by atoms with E-state index in [-0.39, 0.29) is 12.2 Å². The highest BCUT2D eigenvalue weighted by molar-refractivity contribution is 7.89. The molecule has 31 heavy (non-hydrogen) atoms. The van der Waals surface area contributed by atoms with E-state index in [9.17, 15) is 17.6 Å². The average Bonchev–Trinajstić information content (AvgIpc) is 2.74. The van der Waals surface area contributed by atoms with Crippen molar-refractivity contribution in [1.82, 2.24) is 4.72 Å². The van der Waals surface area contributed by atoms with Gasteiger partial charge < -0.3 is 10.1 Å². The van der Waals surface area contributed by atoms with Gasteiger partial charge in [-0.15, -0.1) is 0 Å². The SMILES string of the molecule is COc1ccc(F)cc1S(=O)(=O)NC(Cc1ccccc1)C(=O)Nc1cccc(Cl)c1. The van der Waals surface area contributed by atoms with Gasteiger partial charge in [0.2, 0.25) is 15.9 Å². The molecular weight excluding hydrogens is 443 g/mol. The predicted molar refractivity (Wildman–Crippen MR) is 117 cm³/mol. The first-order valence-electron chi connectivity index (χ1n) is 9.25. The van der Waals surface area contributed by atoms with E-state index in [1.54, 1.807) is 48.5 Å². The van der Waals surface area contributed by atoms with Crippen molar-refractivity contribution in [2.45, 2.75) is 17.4 Å². The Labute approximate surface area is 185 Å². The number of ether oxygens (including phenoxy) is 1. The highest BCUT2D eigenvalue weighted by Gasteiger charge is 2.28. The van der Waals surface area contributed by atoms with E-state index in [0.717, 1.165) is 17.7 Å². The normalized spacial score (nSPS) is 12.2. The smallest absolute Gasteiger partial charge is 0.245 e. The molecule has 0 aliphatic heterocycles. The summed E-state index contributed by atoms with van der Waals surface area (Å²) in [5.74, 6) is -1.38. The summed E-state index contributed by atoms with van der Waals surface area (Å²) in [6.07, 6.45) is 0.0735. The molecule has 0 aromatic heterocycles. The molecule has 162 valence electrons. The molecule has 0 aliphatic carbocycles. The number of nitrogens with one attached hydrogen (secondary N) is 2. The lowest BCUT2D eigenvalue weighted by molar-refractivity contribution is -0.117. The van der Waals surface area contributed by atoms with Crippen LogP contribution in [0.5, 0.6) is 5.75 Å². The summed E-state index contributed by atoms with van der Waals surface area (Å²) >= 11 is 5.96. The lowest BCUT2D eigenvalue weighted by atomic mass is 10.1. The summed E-state index contributed by atoms with van der Waals surface area (Å²) in [7, 11) is -3.01. The van der Waals surface area contributed by atoms with Crippen LogP contribution in [0.15, 0.2) is 77.7 Å². The van der Waals surface area contributed by atoms with Crippen LogP contribution in [0.1, 0.15) is 5.56 Å². The second-order valence-electron chi connectivity index (χ2n) is 6.66. The summed E-state index contributed by atoms with van der Waals surface area (Å²) in [6, 6.07) is 17.4. The van der Waals surface area contributed by atoms with Gasteiger partial charge in [-0.3, -0.25) is 4.79 Å². The first-order valence-corrected chi connectivity index (χ1v) is 11.1. The third kappa shape index (κ3) is 6.04. The Morgan fingerprint density at radius 3 is 2.48 bits per heavy atom. The molecule has 0 saturated carbocycles. The number of sulfonamides is 1. The van der Waals surface area contributed by atoms with Gasteiger partial charge in [-0.1, -0.05) is 48.0 Å². The Morgan fingerprint density at radius 1 is 1.06 bits per heavy atom. The monoisotopic (exact) mass is 462 g/mol. The van der Waals surface area contributed by atoms with Gasteiger partial charge >= 0.3 is 0 Å². The number of halogens is 2. The van der Waals surface area contributed by atoms with Crippen molar-refractivity contribution in [3.8, 4) is 5.75 Å². The number of hydrogen-bond donors (Lipinski definition) is 2. The molecule has 0 spiro atoms. The number of amides is 1. The zero-order valence-electron chi connectivity index (χ0n) is 16.5. The van der Waals surface area contributed by atoms with Crippen LogP contribution < -0.4 is 14.8 Å². The number of rotatable bonds is 8. The van der Waals surface area contributed by atoms with Gasteiger partial charge in [-0.05, 0) is 48.4 Å². The van der Waals surface area contributed by atoms with Crippen molar-refractivity contribution in [2.24, 2.45) is 0 Å². The number of carbonyl (C=O) groups excluding carboxylic acids is 1. The molecule has 1 atom stereocenters. The zero-order valence-corrected chi connectivity index (χ0v) is 18.1. The lowest BCUT2D eigenvalue weighted by Gasteiger charge is -2.20. The standard InChI is InChI=1S/C22H20ClFN2O4S/c1-30-20-11-10-17(24)14-21(20)31(28,29)26-19(12-15-6-3-2-4-7-15)22(27)25-18-9-5-8-16(23)13-18/h2-11,13-14,19,26H,12H2,1H3,(H,25,27). The van der Waals surface area contributed by atoms with Crippen molar-refractivity contribution in [3.05, 3.63) is 89.2 Å². The maximum atomic E-state index is 13.7. The van der Waals surface area contributed by atoms with Gasteiger partial charge in [-0.25, -0.2) is 12.8 Å². The molecule has 1 unspecified atom stereocenters. The van der Waals surface area contributed by atoms with Crippen molar-refractivity contribution in [3.63, 3.8) is 0 Å². The van der Waals surface area contributed by atoms with E-state index in [2.05, 4.69) is 10.0 Å². The highest BCUT2D eigenvalue weighted by Crippen LogP contribution is 2.25. The van der Waals surface area contributed by atoms with Crippen LogP contribution in [0.25, 0.3) is 0 Å². The molecule has 0 heterocycles. The number of benzene rings is 3. The lowest BCUT2D eigenvalue weighted by Crippen LogP contribution is -2.45. The summed E-state index contributed by atoms with van der Waals surface area (Å²) < 4.78 is 47.2. The van der Waals surface area contributed by atoms with Gasteiger partial charge in [0.05, 0.1) is 7.11 Å². The molecule has 3 rings (SSSR count). The van der Waals surface area contributed by atoms with Crippen molar-refractivity contribution >= 4 is 33.2 Å². The van der Waals surface area contributed by atoms with Gasteiger partial charge in [0, 0.05) is 10.7 Å². The van der Waals surface area contributed by atoms with Crippen LogP contribution in [0, 0.1) is 5.82 Å². The van der Waals surface area contributed by atoms with Crippen molar-refractivity contribution in [2.75, 3.05) is 12.4 Å². The minimum Gasteiger partial charge on any atom is -0.495 e. The molecule has 0 fully saturated rings. The Bertz CT molecular complexity index is 1170. The second-order valence-corrected chi connectivity index (χ2v) is 8.78. The van der Waals surface area contributed by atoms with Crippen molar-refractivity contribution < 1.29 is 22.3 Å². The van der Waals surface area contributed by atoms with Crippen LogP contribution in [-0.2, 0) is 21.2 Å². The summed E-state index contributed by atoms with van der Waals surface area (Å²) in [5, 5.41) is 3.08. The maximum Gasteiger partial charge on any atom is 0.245 e. The fourth-order valence-electron chi connectivity index (χ4n) is 2.94. The minimum absolute atomic E-state index is 0.0392. The summed E-state index contributed by atoms with van der Waals surface area (Å²) in [4.78, 5) is 12.6. The minimum atomic E-state index is -4.29. The molecule has 2 N–H and O–H groups in total. The molecule has 3 aromatic rings. The van der Waals surface area contributed by atoms with Gasteiger partial charge in [0.15, 0.2) is 0 Å². The van der Waals surface area contributed by atoms with Crippen LogP contribution >= 0.6 is 11.6 Å². The van der Waals surface area contributed by atoms with Crippen LogP contribution in [0.4, 0.5) is 10.1 Å².